The molecule has 2 amide bonds. The van der Waals surface area contributed by atoms with Crippen molar-refractivity contribution in [1.82, 2.24) is 4.90 Å². The zero-order valence-electron chi connectivity index (χ0n) is 18.6. The largest absolute Gasteiger partial charge is 0.482 e. The molecule has 33 heavy (non-hydrogen) atoms. The Morgan fingerprint density at radius 1 is 1.09 bits per heavy atom. The third kappa shape index (κ3) is 5.17. The second-order valence-corrected chi connectivity index (χ2v) is 8.69. The van der Waals surface area contributed by atoms with Crippen molar-refractivity contribution in [3.63, 3.8) is 0 Å². The van der Waals surface area contributed by atoms with Crippen LogP contribution in [0, 0.1) is 5.92 Å². The fraction of sp³-hybridized carbons (Fsp3) is 0.400. The van der Waals surface area contributed by atoms with Crippen LogP contribution in [-0.2, 0) is 14.3 Å². The maximum atomic E-state index is 12.9. The number of hydrogen-bond donors (Lipinski definition) is 1. The highest BCUT2D eigenvalue weighted by atomic mass is 16.5. The first-order chi connectivity index (χ1) is 15.9. The molecule has 0 bridgehead atoms. The second-order valence-electron chi connectivity index (χ2n) is 8.69. The van der Waals surface area contributed by atoms with Crippen molar-refractivity contribution in [2.24, 2.45) is 5.92 Å². The van der Waals surface area contributed by atoms with Crippen LogP contribution in [0.15, 0.2) is 54.6 Å². The van der Waals surface area contributed by atoms with Gasteiger partial charge in [0.15, 0.2) is 6.61 Å². The first-order valence-electron chi connectivity index (χ1n) is 11.1. The van der Waals surface area contributed by atoms with Gasteiger partial charge in [0.1, 0.15) is 12.4 Å². The molecule has 8 heteroatoms. The molecule has 0 spiro atoms. The smallest absolute Gasteiger partial charge is 0.341 e. The molecule has 0 radical (unpaired) electrons. The van der Waals surface area contributed by atoms with Gasteiger partial charge in [0.25, 0.3) is 11.8 Å². The van der Waals surface area contributed by atoms with E-state index >= 15 is 0 Å². The van der Waals surface area contributed by atoms with E-state index in [-0.39, 0.29) is 24.3 Å². The van der Waals surface area contributed by atoms with Crippen molar-refractivity contribution < 1.29 is 29.0 Å². The fourth-order valence-electron chi connectivity index (χ4n) is 4.56. The molecule has 1 atom stereocenters. The van der Waals surface area contributed by atoms with E-state index in [0.717, 1.165) is 18.5 Å². The number of morpholine rings is 1. The molecule has 2 fully saturated rings. The minimum atomic E-state index is -1.05. The number of anilines is 1. The summed E-state index contributed by atoms with van der Waals surface area (Å²) in [7, 11) is 0. The molecule has 8 nitrogen and oxygen atoms in total. The monoisotopic (exact) mass is 452 g/mol. The molecule has 0 aromatic heterocycles. The van der Waals surface area contributed by atoms with Crippen LogP contribution in [0.2, 0.25) is 0 Å². The number of ether oxygens (including phenoxy) is 2. The molecule has 2 aromatic carbocycles. The summed E-state index contributed by atoms with van der Waals surface area (Å²) in [5.41, 5.74) is 0.944. The number of hydrogen-bond acceptors (Lipinski definition) is 5. The Bertz CT molecular complexity index is 1000. The van der Waals surface area contributed by atoms with Gasteiger partial charge in [-0.1, -0.05) is 18.2 Å². The summed E-state index contributed by atoms with van der Waals surface area (Å²) in [6, 6.07) is 16.2. The number of amides is 2. The highest BCUT2D eigenvalue weighted by Crippen LogP contribution is 2.36. The molecule has 2 heterocycles. The van der Waals surface area contributed by atoms with Gasteiger partial charge in [-0.15, -0.1) is 0 Å². The minimum Gasteiger partial charge on any atom is -0.482 e. The third-order valence-corrected chi connectivity index (χ3v) is 6.48. The van der Waals surface area contributed by atoms with Crippen molar-refractivity contribution in [2.45, 2.75) is 25.4 Å². The predicted octanol–water partition coefficient (Wildman–Crippen LogP) is 2.82. The first-order valence-corrected chi connectivity index (χ1v) is 11.1. The van der Waals surface area contributed by atoms with Gasteiger partial charge in [-0.25, -0.2) is 4.79 Å². The van der Waals surface area contributed by atoms with Gasteiger partial charge in [-0.05, 0) is 62.1 Å². The van der Waals surface area contributed by atoms with Crippen LogP contribution in [0.4, 0.5) is 5.69 Å². The summed E-state index contributed by atoms with van der Waals surface area (Å²) in [5.74, 6) is -0.513. The number of carboxylic acid groups (broad SMARTS) is 1. The van der Waals surface area contributed by atoms with Gasteiger partial charge in [-0.2, -0.15) is 0 Å². The number of likely N-dealkylation sites (tertiary alicyclic amines) is 1. The standard InChI is InChI=1S/C25H28N2O6/c1-25(17-27(22(28)15-33-25)20-5-3-2-4-6-20)19-11-13-26(14-12-19)24(31)18-7-9-21(10-8-18)32-16-23(29)30/h2-10,19H,11-17H2,1H3,(H,29,30)/t25-/m1/s1. The number of benzene rings is 2. The summed E-state index contributed by atoms with van der Waals surface area (Å²) >= 11 is 0. The molecular formula is C25H28N2O6. The number of piperidine rings is 1. The van der Waals surface area contributed by atoms with Gasteiger partial charge < -0.3 is 24.4 Å². The molecule has 1 N–H and O–H groups in total. The number of carboxylic acids is 1. The van der Waals surface area contributed by atoms with E-state index in [1.165, 1.54) is 0 Å². The quantitative estimate of drug-likeness (QED) is 0.724. The molecule has 4 rings (SSSR count). The lowest BCUT2D eigenvalue weighted by Gasteiger charge is -2.47. The molecule has 2 aliphatic heterocycles. The number of aliphatic carboxylic acids is 1. The Balaban J connectivity index is 1.35. The molecule has 0 unspecified atom stereocenters. The van der Waals surface area contributed by atoms with Crippen LogP contribution >= 0.6 is 0 Å². The zero-order valence-corrected chi connectivity index (χ0v) is 18.6. The summed E-state index contributed by atoms with van der Waals surface area (Å²) in [6.45, 7) is 3.41. The van der Waals surface area contributed by atoms with E-state index in [9.17, 15) is 14.4 Å². The van der Waals surface area contributed by atoms with Gasteiger partial charge >= 0.3 is 5.97 Å². The van der Waals surface area contributed by atoms with Crippen LogP contribution in [-0.4, -0.2) is 66.2 Å². The number of nitrogens with zero attached hydrogens (tertiary/aromatic N) is 2. The van der Waals surface area contributed by atoms with Crippen molar-refractivity contribution in [2.75, 3.05) is 37.7 Å². The lowest BCUT2D eigenvalue weighted by atomic mass is 9.80. The highest BCUT2D eigenvalue weighted by molar-refractivity contribution is 5.95. The SMILES string of the molecule is C[C@]1(C2CCN(C(=O)c3ccc(OCC(=O)O)cc3)CC2)CN(c2ccccc2)C(=O)CO1. The highest BCUT2D eigenvalue weighted by Gasteiger charge is 2.44. The van der Waals surface area contributed by atoms with Crippen molar-refractivity contribution in [1.29, 1.82) is 0 Å². The average Bonchev–Trinajstić information content (AvgIpc) is 2.85. The van der Waals surface area contributed by atoms with Crippen LogP contribution in [0.5, 0.6) is 5.75 Å². The third-order valence-electron chi connectivity index (χ3n) is 6.48. The van der Waals surface area contributed by atoms with E-state index in [2.05, 4.69) is 6.92 Å². The summed E-state index contributed by atoms with van der Waals surface area (Å²) in [4.78, 5) is 39.6. The van der Waals surface area contributed by atoms with E-state index < -0.39 is 18.2 Å². The van der Waals surface area contributed by atoms with Gasteiger partial charge in [0.2, 0.25) is 0 Å². The Hall–Kier alpha value is -3.39. The van der Waals surface area contributed by atoms with Crippen LogP contribution in [0.25, 0.3) is 0 Å². The molecule has 174 valence electrons. The fourth-order valence-corrected chi connectivity index (χ4v) is 4.56. The van der Waals surface area contributed by atoms with Gasteiger partial charge in [0, 0.05) is 24.3 Å². The maximum Gasteiger partial charge on any atom is 0.341 e. The average molecular weight is 453 g/mol. The first kappa shape index (κ1) is 22.8. The van der Waals surface area contributed by atoms with Crippen LogP contribution < -0.4 is 9.64 Å². The van der Waals surface area contributed by atoms with E-state index in [4.69, 9.17) is 14.6 Å². The Morgan fingerprint density at radius 3 is 2.39 bits per heavy atom. The van der Waals surface area contributed by atoms with Crippen molar-refractivity contribution in [3.05, 3.63) is 60.2 Å². The topological polar surface area (TPSA) is 96.4 Å². The van der Waals surface area contributed by atoms with Gasteiger partial charge in [0.05, 0.1) is 12.1 Å². The minimum absolute atomic E-state index is 0.0398. The van der Waals surface area contributed by atoms with Crippen molar-refractivity contribution >= 4 is 23.5 Å². The molecule has 0 aliphatic carbocycles. The number of carbonyl (C=O) groups is 3. The summed E-state index contributed by atoms with van der Waals surface area (Å²) in [5, 5.41) is 8.69. The van der Waals surface area contributed by atoms with Gasteiger partial charge in [-0.3, -0.25) is 9.59 Å². The molecule has 2 aromatic rings. The van der Waals surface area contributed by atoms with Crippen LogP contribution in [0.3, 0.4) is 0 Å². The summed E-state index contributed by atoms with van der Waals surface area (Å²) < 4.78 is 11.2. The summed E-state index contributed by atoms with van der Waals surface area (Å²) in [6.07, 6.45) is 1.58. The van der Waals surface area contributed by atoms with E-state index in [1.807, 2.05) is 35.2 Å². The van der Waals surface area contributed by atoms with E-state index in [1.54, 1.807) is 29.2 Å². The lowest BCUT2D eigenvalue weighted by Crippen LogP contribution is -2.58. The number of carbonyl (C=O) groups excluding carboxylic acids is 2. The lowest BCUT2D eigenvalue weighted by molar-refractivity contribution is -0.145. The van der Waals surface area contributed by atoms with Crippen molar-refractivity contribution in [3.8, 4) is 5.75 Å². The molecule has 0 saturated carbocycles. The van der Waals surface area contributed by atoms with Crippen LogP contribution in [0.1, 0.15) is 30.1 Å². The number of rotatable bonds is 6. The predicted molar refractivity (Wildman–Crippen MR) is 121 cm³/mol. The van der Waals surface area contributed by atoms with E-state index in [0.29, 0.717) is 30.9 Å². The zero-order chi connectivity index (χ0) is 23.4. The second kappa shape index (κ2) is 9.62. The Kier molecular flexibility index (Phi) is 6.65. The number of para-hydroxylation sites is 1. The maximum absolute atomic E-state index is 12.9. The Labute approximate surface area is 192 Å². The molecular weight excluding hydrogens is 424 g/mol. The Morgan fingerprint density at radius 2 is 1.76 bits per heavy atom. The molecule has 2 aliphatic rings. The normalized spacial score (nSPS) is 21.7. The molecule has 2 saturated heterocycles.